The van der Waals surface area contributed by atoms with E-state index in [1.165, 1.54) is 36.0 Å². The summed E-state index contributed by atoms with van der Waals surface area (Å²) in [7, 11) is 0. The molecule has 1 heterocycles. The number of aryl methyl sites for hydroxylation is 1. The van der Waals surface area contributed by atoms with Crippen LogP contribution < -0.4 is 10.6 Å². The van der Waals surface area contributed by atoms with Crippen LogP contribution in [0.1, 0.15) is 21.6 Å². The Morgan fingerprint density at radius 3 is 2.65 bits per heavy atom. The molecule has 0 aliphatic carbocycles. The van der Waals surface area contributed by atoms with Gasteiger partial charge < -0.3 is 10.6 Å². The molecule has 0 aliphatic rings. The second-order valence-electron chi connectivity index (χ2n) is 5.69. The maximum Gasteiger partial charge on any atom is 0.274 e. The van der Waals surface area contributed by atoms with Gasteiger partial charge in [-0.15, -0.1) is 0 Å². The first-order valence-electron chi connectivity index (χ1n) is 7.90. The van der Waals surface area contributed by atoms with Crippen molar-refractivity contribution in [2.75, 3.05) is 10.6 Å². The van der Waals surface area contributed by atoms with Crippen LogP contribution in [0.2, 0.25) is 5.02 Å². The van der Waals surface area contributed by atoms with Crippen molar-refractivity contribution in [1.82, 2.24) is 9.97 Å². The minimum absolute atomic E-state index is 0.0639. The summed E-state index contributed by atoms with van der Waals surface area (Å²) in [5, 5.41) is 5.64. The minimum Gasteiger partial charge on any atom is -0.350 e. The summed E-state index contributed by atoms with van der Waals surface area (Å²) in [5.74, 6) is -0.641. The van der Waals surface area contributed by atoms with Crippen LogP contribution in [-0.4, -0.2) is 15.9 Å². The first kappa shape index (κ1) is 17.8. The number of nitrogens with zero attached hydrogens (tertiary/aromatic N) is 2. The van der Waals surface area contributed by atoms with Crippen molar-refractivity contribution in [3.05, 3.63) is 82.4 Å². The topological polar surface area (TPSA) is 66.9 Å². The fourth-order valence-electron chi connectivity index (χ4n) is 2.23. The van der Waals surface area contributed by atoms with Gasteiger partial charge in [0.2, 0.25) is 5.95 Å². The van der Waals surface area contributed by atoms with E-state index in [0.717, 1.165) is 5.56 Å². The number of hydrogen-bond acceptors (Lipinski definition) is 4. The molecule has 7 heteroatoms. The number of hydrogen-bond donors (Lipinski definition) is 2. The number of carbonyl (C=O) groups is 1. The number of aromatic nitrogens is 2. The van der Waals surface area contributed by atoms with Crippen LogP contribution in [0.15, 0.2) is 54.7 Å². The maximum atomic E-state index is 13.2. The highest BCUT2D eigenvalue weighted by molar-refractivity contribution is 6.31. The van der Waals surface area contributed by atoms with Crippen molar-refractivity contribution in [2.24, 2.45) is 0 Å². The molecule has 1 aromatic heterocycles. The molecule has 132 valence electrons. The number of amides is 1. The molecular formula is C19H16ClFN4O. The van der Waals surface area contributed by atoms with E-state index in [0.29, 0.717) is 18.2 Å². The van der Waals surface area contributed by atoms with Gasteiger partial charge in [-0.25, -0.2) is 14.4 Å². The molecule has 3 rings (SSSR count). The maximum absolute atomic E-state index is 13.2. The highest BCUT2D eigenvalue weighted by Gasteiger charge is 2.10. The summed E-state index contributed by atoms with van der Waals surface area (Å²) in [6, 6.07) is 13.5. The number of nitrogens with one attached hydrogen (secondary N) is 2. The highest BCUT2D eigenvalue weighted by Crippen LogP contribution is 2.19. The quantitative estimate of drug-likeness (QED) is 0.696. The molecule has 5 nitrogen and oxygen atoms in total. The third kappa shape index (κ3) is 4.55. The molecule has 0 spiro atoms. The molecule has 0 aliphatic heterocycles. The van der Waals surface area contributed by atoms with E-state index < -0.39 is 11.7 Å². The minimum atomic E-state index is -0.547. The van der Waals surface area contributed by atoms with Gasteiger partial charge in [-0.05, 0) is 36.8 Å². The Labute approximate surface area is 155 Å². The molecule has 0 fully saturated rings. The number of anilines is 2. The van der Waals surface area contributed by atoms with Crippen LogP contribution in [0.3, 0.4) is 0 Å². The fourth-order valence-corrected chi connectivity index (χ4v) is 2.41. The zero-order valence-corrected chi connectivity index (χ0v) is 14.7. The van der Waals surface area contributed by atoms with Crippen LogP contribution in [-0.2, 0) is 6.54 Å². The molecule has 0 radical (unpaired) electrons. The van der Waals surface area contributed by atoms with Crippen LogP contribution in [0, 0.1) is 12.7 Å². The first-order chi connectivity index (χ1) is 12.5. The number of halogens is 2. The smallest absolute Gasteiger partial charge is 0.274 e. The largest absolute Gasteiger partial charge is 0.350 e. The van der Waals surface area contributed by atoms with Gasteiger partial charge >= 0.3 is 0 Å². The van der Waals surface area contributed by atoms with Gasteiger partial charge in [0.05, 0.1) is 5.02 Å². The molecular weight excluding hydrogens is 355 g/mol. The lowest BCUT2D eigenvalue weighted by Gasteiger charge is -2.08. The Hall–Kier alpha value is -2.99. The third-order valence-electron chi connectivity index (χ3n) is 3.64. The summed E-state index contributed by atoms with van der Waals surface area (Å²) in [5.41, 5.74) is 2.83. The van der Waals surface area contributed by atoms with Gasteiger partial charge in [-0.1, -0.05) is 41.4 Å². The lowest BCUT2D eigenvalue weighted by Crippen LogP contribution is -2.15. The van der Waals surface area contributed by atoms with Crippen LogP contribution in [0.5, 0.6) is 0 Å². The Morgan fingerprint density at radius 1 is 1.15 bits per heavy atom. The van der Waals surface area contributed by atoms with Crippen molar-refractivity contribution >= 4 is 29.1 Å². The molecule has 26 heavy (non-hydrogen) atoms. The number of rotatable bonds is 5. The highest BCUT2D eigenvalue weighted by atomic mass is 35.5. The Morgan fingerprint density at radius 2 is 1.92 bits per heavy atom. The van der Waals surface area contributed by atoms with Gasteiger partial charge in [0.15, 0.2) is 0 Å². The zero-order valence-electron chi connectivity index (χ0n) is 14.0. The number of benzene rings is 2. The van der Waals surface area contributed by atoms with Crippen molar-refractivity contribution in [1.29, 1.82) is 0 Å². The van der Waals surface area contributed by atoms with E-state index in [4.69, 9.17) is 11.6 Å². The molecule has 0 unspecified atom stereocenters. The van der Waals surface area contributed by atoms with Crippen molar-refractivity contribution < 1.29 is 9.18 Å². The van der Waals surface area contributed by atoms with Gasteiger partial charge in [-0.3, -0.25) is 4.79 Å². The number of carbonyl (C=O) groups excluding carboxylic acids is 1. The SMILES string of the molecule is Cc1ccc(CNc2nccc(C(=O)Nc3ccc(F)c(Cl)c3)n2)cc1. The summed E-state index contributed by atoms with van der Waals surface area (Å²) < 4.78 is 13.2. The predicted octanol–water partition coefficient (Wildman–Crippen LogP) is 4.44. The molecule has 0 saturated heterocycles. The van der Waals surface area contributed by atoms with Crippen LogP contribution >= 0.6 is 11.6 Å². The Bertz CT molecular complexity index is 931. The van der Waals surface area contributed by atoms with Gasteiger partial charge in [-0.2, -0.15) is 0 Å². The average Bonchev–Trinajstić information content (AvgIpc) is 2.64. The lowest BCUT2D eigenvalue weighted by molar-refractivity contribution is 0.102. The fraction of sp³-hybridized carbons (Fsp3) is 0.105. The van der Waals surface area contributed by atoms with Crippen molar-refractivity contribution in [2.45, 2.75) is 13.5 Å². The van der Waals surface area contributed by atoms with E-state index in [1.807, 2.05) is 31.2 Å². The summed E-state index contributed by atoms with van der Waals surface area (Å²) in [4.78, 5) is 20.6. The van der Waals surface area contributed by atoms with E-state index in [-0.39, 0.29) is 10.7 Å². The standard InChI is InChI=1S/C19H16ClFN4O/c1-12-2-4-13(5-3-12)11-23-19-22-9-8-17(25-19)18(26)24-14-6-7-16(21)15(20)10-14/h2-10H,11H2,1H3,(H,24,26)(H,22,23,25). The molecule has 2 N–H and O–H groups in total. The summed E-state index contributed by atoms with van der Waals surface area (Å²) in [6.45, 7) is 2.57. The molecule has 2 aromatic carbocycles. The normalized spacial score (nSPS) is 10.4. The summed E-state index contributed by atoms with van der Waals surface area (Å²) >= 11 is 5.72. The van der Waals surface area contributed by atoms with E-state index >= 15 is 0 Å². The average molecular weight is 371 g/mol. The van der Waals surface area contributed by atoms with Crippen LogP contribution in [0.25, 0.3) is 0 Å². The van der Waals surface area contributed by atoms with Gasteiger partial charge in [0, 0.05) is 18.4 Å². The van der Waals surface area contributed by atoms with Gasteiger partial charge in [0.25, 0.3) is 5.91 Å². The van der Waals surface area contributed by atoms with E-state index in [9.17, 15) is 9.18 Å². The Kier molecular flexibility index (Phi) is 5.43. The first-order valence-corrected chi connectivity index (χ1v) is 8.28. The molecule has 0 bridgehead atoms. The molecule has 1 amide bonds. The molecule has 0 atom stereocenters. The van der Waals surface area contributed by atoms with Crippen LogP contribution in [0.4, 0.5) is 16.0 Å². The summed E-state index contributed by atoms with van der Waals surface area (Å²) in [6.07, 6.45) is 1.50. The van der Waals surface area contributed by atoms with E-state index in [2.05, 4.69) is 20.6 Å². The third-order valence-corrected chi connectivity index (χ3v) is 3.93. The molecule has 3 aromatic rings. The lowest BCUT2D eigenvalue weighted by atomic mass is 10.1. The van der Waals surface area contributed by atoms with Crippen molar-refractivity contribution in [3.63, 3.8) is 0 Å². The molecule has 0 saturated carbocycles. The van der Waals surface area contributed by atoms with Crippen molar-refractivity contribution in [3.8, 4) is 0 Å². The Balaban J connectivity index is 1.66. The van der Waals surface area contributed by atoms with E-state index in [1.54, 1.807) is 0 Å². The second-order valence-corrected chi connectivity index (χ2v) is 6.09. The monoisotopic (exact) mass is 370 g/mol. The second kappa shape index (κ2) is 7.93. The van der Waals surface area contributed by atoms with Gasteiger partial charge in [0.1, 0.15) is 11.5 Å². The predicted molar refractivity (Wildman–Crippen MR) is 99.9 cm³/mol. The zero-order chi connectivity index (χ0) is 18.5.